The average molecular weight is 411 g/mol. The molecule has 3 nitrogen and oxygen atoms in total. The summed E-state index contributed by atoms with van der Waals surface area (Å²) in [6, 6.07) is 0. The molecule has 8 atom stereocenters. The lowest BCUT2D eigenvalue weighted by Crippen LogP contribution is -2.53. The van der Waals surface area contributed by atoms with Crippen molar-refractivity contribution in [1.29, 1.82) is 0 Å². The van der Waals surface area contributed by atoms with E-state index in [4.69, 9.17) is 0 Å². The summed E-state index contributed by atoms with van der Waals surface area (Å²) in [5.41, 5.74) is 5.19. The monoisotopic (exact) mass is 410 g/mol. The molecule has 6 aliphatic rings. The van der Waals surface area contributed by atoms with Crippen LogP contribution in [-0.2, 0) is 4.79 Å². The van der Waals surface area contributed by atoms with Gasteiger partial charge in [-0.05, 0) is 98.7 Å². The molecule has 5 aliphatic carbocycles. The van der Waals surface area contributed by atoms with Crippen LogP contribution in [0.1, 0.15) is 90.9 Å². The molecule has 1 N–H and O–H groups in total. The van der Waals surface area contributed by atoms with E-state index in [1.54, 1.807) is 0 Å². The molecule has 1 amide bonds. The standard InChI is InChI=1S/C27H42N2O/c1-26-14-4-3-8-20(26)9-10-21-22-11-12-24(27(22,2)15-13-23(21)26)25(30)28-29-16-18-6-5-7-19(18)17-29/h12,18-23H,3-11,13-17H2,1-2H3,(H,28,30)/t18?,19?,20?,21-,22-,23-,26-,27-/m0/s1. The van der Waals surface area contributed by atoms with Crippen molar-refractivity contribution in [3.05, 3.63) is 11.6 Å². The third-order valence-corrected chi connectivity index (χ3v) is 11.4. The van der Waals surface area contributed by atoms with Crippen LogP contribution in [0.3, 0.4) is 0 Å². The maximum atomic E-state index is 13.4. The first-order chi connectivity index (χ1) is 14.5. The number of hydrogen-bond donors (Lipinski definition) is 1. The largest absolute Gasteiger partial charge is 0.285 e. The van der Waals surface area contributed by atoms with Gasteiger partial charge in [-0.1, -0.05) is 39.2 Å². The summed E-state index contributed by atoms with van der Waals surface area (Å²) in [5, 5.41) is 2.26. The fraction of sp³-hybridized carbons (Fsp3) is 0.889. The zero-order valence-electron chi connectivity index (χ0n) is 19.3. The van der Waals surface area contributed by atoms with Gasteiger partial charge in [0, 0.05) is 24.1 Å². The lowest BCUT2D eigenvalue weighted by atomic mass is 9.45. The van der Waals surface area contributed by atoms with E-state index in [2.05, 4.69) is 30.4 Å². The first kappa shape index (κ1) is 19.8. The molecule has 166 valence electrons. The van der Waals surface area contributed by atoms with Gasteiger partial charge in [-0.25, -0.2) is 5.01 Å². The third kappa shape index (κ3) is 2.82. The number of rotatable bonds is 2. The van der Waals surface area contributed by atoms with Crippen molar-refractivity contribution in [1.82, 2.24) is 10.4 Å². The maximum absolute atomic E-state index is 13.4. The van der Waals surface area contributed by atoms with Crippen LogP contribution < -0.4 is 5.43 Å². The van der Waals surface area contributed by atoms with Crippen LogP contribution in [0.5, 0.6) is 0 Å². The number of nitrogens with zero attached hydrogens (tertiary/aromatic N) is 1. The quantitative estimate of drug-likeness (QED) is 0.631. The predicted molar refractivity (Wildman–Crippen MR) is 120 cm³/mol. The zero-order chi connectivity index (χ0) is 20.5. The lowest BCUT2D eigenvalue weighted by Gasteiger charge is -2.60. The first-order valence-corrected chi connectivity index (χ1v) is 13.3. The second-order valence-corrected chi connectivity index (χ2v) is 12.5. The third-order valence-electron chi connectivity index (χ3n) is 11.4. The second kappa shape index (κ2) is 7.09. The number of hydrogen-bond acceptors (Lipinski definition) is 2. The van der Waals surface area contributed by atoms with E-state index >= 15 is 0 Å². The van der Waals surface area contributed by atoms with Crippen LogP contribution in [0.2, 0.25) is 0 Å². The zero-order valence-corrected chi connectivity index (χ0v) is 19.3. The normalized spacial score (nSPS) is 50.3. The van der Waals surface area contributed by atoms with Gasteiger partial charge in [0.15, 0.2) is 0 Å². The highest BCUT2D eigenvalue weighted by atomic mass is 16.2. The molecular formula is C27H42N2O. The van der Waals surface area contributed by atoms with Gasteiger partial charge in [0.05, 0.1) is 0 Å². The smallest absolute Gasteiger partial charge is 0.261 e. The molecule has 0 radical (unpaired) electrons. The van der Waals surface area contributed by atoms with Crippen molar-refractivity contribution in [2.45, 2.75) is 90.9 Å². The number of carbonyl (C=O) groups is 1. The van der Waals surface area contributed by atoms with E-state index in [0.717, 1.165) is 54.7 Å². The Morgan fingerprint density at radius 3 is 2.53 bits per heavy atom. The van der Waals surface area contributed by atoms with Crippen molar-refractivity contribution in [2.24, 2.45) is 46.3 Å². The van der Waals surface area contributed by atoms with Crippen molar-refractivity contribution in [3.8, 4) is 0 Å². The van der Waals surface area contributed by atoms with Crippen LogP contribution in [0.15, 0.2) is 11.6 Å². The minimum Gasteiger partial charge on any atom is -0.285 e. The van der Waals surface area contributed by atoms with Crippen molar-refractivity contribution in [3.63, 3.8) is 0 Å². The molecule has 3 unspecified atom stereocenters. The summed E-state index contributed by atoms with van der Waals surface area (Å²) in [7, 11) is 0. The molecule has 30 heavy (non-hydrogen) atoms. The molecule has 0 spiro atoms. The summed E-state index contributed by atoms with van der Waals surface area (Å²) in [6.07, 6.45) is 18.9. The van der Waals surface area contributed by atoms with E-state index in [1.807, 2.05) is 0 Å². The Morgan fingerprint density at radius 1 is 0.933 bits per heavy atom. The molecule has 0 aromatic heterocycles. The van der Waals surface area contributed by atoms with Crippen LogP contribution >= 0.6 is 0 Å². The van der Waals surface area contributed by atoms with Gasteiger partial charge < -0.3 is 0 Å². The van der Waals surface area contributed by atoms with Crippen LogP contribution in [0.25, 0.3) is 0 Å². The average Bonchev–Trinajstić information content (AvgIpc) is 3.40. The molecule has 1 saturated heterocycles. The number of hydrazine groups is 1. The van der Waals surface area contributed by atoms with E-state index in [9.17, 15) is 4.79 Å². The van der Waals surface area contributed by atoms with E-state index in [-0.39, 0.29) is 11.3 Å². The second-order valence-electron chi connectivity index (χ2n) is 12.5. The topological polar surface area (TPSA) is 32.3 Å². The van der Waals surface area contributed by atoms with E-state index in [1.165, 1.54) is 70.6 Å². The molecule has 1 aliphatic heterocycles. The van der Waals surface area contributed by atoms with Crippen molar-refractivity contribution in [2.75, 3.05) is 13.1 Å². The van der Waals surface area contributed by atoms with E-state index < -0.39 is 0 Å². The van der Waals surface area contributed by atoms with Crippen LogP contribution in [-0.4, -0.2) is 24.0 Å². The highest BCUT2D eigenvalue weighted by Crippen LogP contribution is 2.66. The van der Waals surface area contributed by atoms with Crippen LogP contribution in [0, 0.1) is 46.3 Å². The first-order valence-electron chi connectivity index (χ1n) is 13.3. The fourth-order valence-electron chi connectivity index (χ4n) is 9.74. The minimum atomic E-state index is 0.110. The Kier molecular flexibility index (Phi) is 4.68. The summed E-state index contributed by atoms with van der Waals surface area (Å²) in [5.74, 6) is 5.31. The van der Waals surface area contributed by atoms with Gasteiger partial charge in [0.2, 0.25) is 0 Å². The van der Waals surface area contributed by atoms with Gasteiger partial charge in [0.25, 0.3) is 5.91 Å². The van der Waals surface area contributed by atoms with Gasteiger partial charge >= 0.3 is 0 Å². The van der Waals surface area contributed by atoms with Gasteiger partial charge in [0.1, 0.15) is 0 Å². The molecule has 4 saturated carbocycles. The predicted octanol–water partition coefficient (Wildman–Crippen LogP) is 5.72. The van der Waals surface area contributed by atoms with Crippen molar-refractivity contribution < 1.29 is 4.79 Å². The highest BCUT2D eigenvalue weighted by Gasteiger charge is 2.58. The summed E-state index contributed by atoms with van der Waals surface area (Å²) >= 11 is 0. The maximum Gasteiger partial charge on any atom is 0.261 e. The van der Waals surface area contributed by atoms with Gasteiger partial charge in [-0.2, -0.15) is 0 Å². The summed E-state index contributed by atoms with van der Waals surface area (Å²) in [6.45, 7) is 7.25. The Labute approximate surface area is 183 Å². The van der Waals surface area contributed by atoms with Crippen molar-refractivity contribution >= 4 is 5.91 Å². The Bertz CT molecular complexity index is 733. The minimum absolute atomic E-state index is 0.110. The highest BCUT2D eigenvalue weighted by molar-refractivity contribution is 5.95. The molecule has 0 aromatic rings. The number of amides is 1. The molecular weight excluding hydrogens is 368 g/mol. The molecule has 0 aromatic carbocycles. The van der Waals surface area contributed by atoms with Gasteiger partial charge in [-0.15, -0.1) is 0 Å². The van der Waals surface area contributed by atoms with Gasteiger partial charge in [-0.3, -0.25) is 10.2 Å². The van der Waals surface area contributed by atoms with E-state index in [0.29, 0.717) is 11.3 Å². The molecule has 6 rings (SSSR count). The molecule has 3 heteroatoms. The fourth-order valence-corrected chi connectivity index (χ4v) is 9.74. The Hall–Kier alpha value is -0.830. The molecule has 5 fully saturated rings. The van der Waals surface area contributed by atoms with Crippen LogP contribution in [0.4, 0.5) is 0 Å². The molecule has 1 heterocycles. The Morgan fingerprint density at radius 2 is 1.73 bits per heavy atom. The summed E-state index contributed by atoms with van der Waals surface area (Å²) in [4.78, 5) is 13.4. The summed E-state index contributed by atoms with van der Waals surface area (Å²) < 4.78 is 0. The number of allylic oxidation sites excluding steroid dienone is 1. The SMILES string of the molecule is C[C@]12CCCCC1CC[C@@H]1[C@@H]2CC[C@]2(C)C(C(=O)NN3CC4CCCC4C3)=CC[C@@H]12. The number of carbonyl (C=O) groups excluding carboxylic acids is 1. The lowest BCUT2D eigenvalue weighted by molar-refractivity contribution is -0.126. The number of fused-ring (bicyclic) bond motifs is 6. The molecule has 0 bridgehead atoms. The number of nitrogens with one attached hydrogen (secondary N) is 1. The Balaban J connectivity index is 1.17.